The van der Waals surface area contributed by atoms with Gasteiger partial charge in [-0.15, -0.1) is 0 Å². The summed E-state index contributed by atoms with van der Waals surface area (Å²) in [5.74, 6) is 0.576. The smallest absolute Gasteiger partial charge is 0.165 e. The molecule has 0 saturated carbocycles. The van der Waals surface area contributed by atoms with Crippen LogP contribution in [0.5, 0.6) is 5.75 Å². The molecule has 96 valence electrons. The maximum atomic E-state index is 13.7. The van der Waals surface area contributed by atoms with Crippen LogP contribution in [-0.2, 0) is 6.42 Å². The molecule has 0 aromatic heterocycles. The number of benzene rings is 1. The number of halogens is 1. The fourth-order valence-electron chi connectivity index (χ4n) is 1.79. The number of hydrogen-bond acceptors (Lipinski definition) is 2. The number of hydrogen-bond donors (Lipinski definition) is 1. The molecule has 2 N–H and O–H groups in total. The molecular weight excluding hydrogens is 217 g/mol. The van der Waals surface area contributed by atoms with Crippen LogP contribution in [0.2, 0.25) is 0 Å². The van der Waals surface area contributed by atoms with E-state index in [1.54, 1.807) is 6.07 Å². The lowest BCUT2D eigenvalue weighted by molar-refractivity contribution is 0.229. The summed E-state index contributed by atoms with van der Waals surface area (Å²) >= 11 is 0. The Morgan fingerprint density at radius 3 is 2.59 bits per heavy atom. The van der Waals surface area contributed by atoms with Crippen LogP contribution in [0.25, 0.3) is 0 Å². The lowest BCUT2D eigenvalue weighted by Crippen LogP contribution is -2.13. The van der Waals surface area contributed by atoms with Gasteiger partial charge in [0.25, 0.3) is 0 Å². The van der Waals surface area contributed by atoms with Gasteiger partial charge in [0.15, 0.2) is 11.6 Å². The first kappa shape index (κ1) is 14.0. The van der Waals surface area contributed by atoms with E-state index in [0.29, 0.717) is 31.2 Å². The normalized spacial score (nSPS) is 10.9. The highest BCUT2D eigenvalue weighted by Crippen LogP contribution is 2.24. The standard InChI is InChI=1S/C14H22FNO/c1-3-11(4-2)10-17-14-12(8-9-16)6-5-7-13(14)15/h5-7,11H,3-4,8-10,16H2,1-2H3. The molecule has 1 aromatic carbocycles. The summed E-state index contributed by atoms with van der Waals surface area (Å²) in [7, 11) is 0. The quantitative estimate of drug-likeness (QED) is 0.793. The van der Waals surface area contributed by atoms with E-state index < -0.39 is 0 Å². The van der Waals surface area contributed by atoms with Crippen molar-refractivity contribution in [3.05, 3.63) is 29.6 Å². The Kier molecular flexibility index (Phi) is 5.98. The predicted molar refractivity (Wildman–Crippen MR) is 68.7 cm³/mol. The molecule has 0 amide bonds. The Hall–Kier alpha value is -1.09. The summed E-state index contributed by atoms with van der Waals surface area (Å²) in [6.07, 6.45) is 2.75. The molecule has 0 radical (unpaired) electrons. The summed E-state index contributed by atoms with van der Waals surface area (Å²) in [5.41, 5.74) is 6.37. The zero-order chi connectivity index (χ0) is 12.7. The zero-order valence-corrected chi connectivity index (χ0v) is 10.7. The van der Waals surface area contributed by atoms with Crippen molar-refractivity contribution in [2.24, 2.45) is 11.7 Å². The minimum atomic E-state index is -0.290. The molecule has 0 aliphatic carbocycles. The summed E-state index contributed by atoms with van der Waals surface area (Å²) in [6.45, 7) is 5.33. The van der Waals surface area contributed by atoms with Crippen molar-refractivity contribution in [3.8, 4) is 5.75 Å². The van der Waals surface area contributed by atoms with E-state index >= 15 is 0 Å². The van der Waals surface area contributed by atoms with Crippen LogP contribution in [0.15, 0.2) is 18.2 Å². The second-order valence-electron chi connectivity index (χ2n) is 4.26. The molecule has 0 heterocycles. The highest BCUT2D eigenvalue weighted by molar-refractivity contribution is 5.35. The van der Waals surface area contributed by atoms with Gasteiger partial charge in [-0.1, -0.05) is 38.8 Å². The molecule has 2 nitrogen and oxygen atoms in total. The van der Waals surface area contributed by atoms with Crippen molar-refractivity contribution in [3.63, 3.8) is 0 Å². The Morgan fingerprint density at radius 1 is 1.29 bits per heavy atom. The first-order chi connectivity index (χ1) is 8.22. The molecule has 0 aliphatic heterocycles. The number of nitrogens with two attached hydrogens (primary N) is 1. The zero-order valence-electron chi connectivity index (χ0n) is 10.7. The van der Waals surface area contributed by atoms with Gasteiger partial charge in [-0.25, -0.2) is 4.39 Å². The predicted octanol–water partition coefficient (Wildman–Crippen LogP) is 3.14. The van der Waals surface area contributed by atoms with E-state index in [0.717, 1.165) is 18.4 Å². The average molecular weight is 239 g/mol. The van der Waals surface area contributed by atoms with Gasteiger partial charge in [-0.3, -0.25) is 0 Å². The van der Waals surface area contributed by atoms with Crippen LogP contribution in [0, 0.1) is 11.7 Å². The van der Waals surface area contributed by atoms with Gasteiger partial charge in [0.2, 0.25) is 0 Å². The molecule has 0 aliphatic rings. The highest BCUT2D eigenvalue weighted by atomic mass is 19.1. The van der Waals surface area contributed by atoms with E-state index in [9.17, 15) is 4.39 Å². The molecule has 0 spiro atoms. The maximum absolute atomic E-state index is 13.7. The summed E-state index contributed by atoms with van der Waals surface area (Å²) in [4.78, 5) is 0. The van der Waals surface area contributed by atoms with Gasteiger partial charge < -0.3 is 10.5 Å². The second-order valence-corrected chi connectivity index (χ2v) is 4.26. The van der Waals surface area contributed by atoms with Gasteiger partial charge >= 0.3 is 0 Å². The van der Waals surface area contributed by atoms with Crippen molar-refractivity contribution in [1.29, 1.82) is 0 Å². The maximum Gasteiger partial charge on any atom is 0.165 e. The lowest BCUT2D eigenvalue weighted by atomic mass is 10.1. The van der Waals surface area contributed by atoms with Gasteiger partial charge in [0.1, 0.15) is 0 Å². The molecular formula is C14H22FNO. The Morgan fingerprint density at radius 2 is 2.00 bits per heavy atom. The largest absolute Gasteiger partial charge is 0.490 e. The third-order valence-corrected chi connectivity index (χ3v) is 3.08. The van der Waals surface area contributed by atoms with Crippen LogP contribution in [-0.4, -0.2) is 13.2 Å². The molecule has 17 heavy (non-hydrogen) atoms. The topological polar surface area (TPSA) is 35.2 Å². The van der Waals surface area contributed by atoms with Crippen LogP contribution in [0.1, 0.15) is 32.3 Å². The molecule has 0 saturated heterocycles. The van der Waals surface area contributed by atoms with Crippen molar-refractivity contribution in [2.45, 2.75) is 33.1 Å². The third-order valence-electron chi connectivity index (χ3n) is 3.08. The molecule has 1 rings (SSSR count). The highest BCUT2D eigenvalue weighted by Gasteiger charge is 2.11. The second kappa shape index (κ2) is 7.28. The molecule has 3 heteroatoms. The fourth-order valence-corrected chi connectivity index (χ4v) is 1.79. The molecule has 0 fully saturated rings. The van der Waals surface area contributed by atoms with E-state index in [-0.39, 0.29) is 5.82 Å². The van der Waals surface area contributed by atoms with Crippen LogP contribution < -0.4 is 10.5 Å². The van der Waals surface area contributed by atoms with Crippen molar-refractivity contribution in [2.75, 3.05) is 13.2 Å². The monoisotopic (exact) mass is 239 g/mol. The molecule has 0 atom stereocenters. The summed E-state index contributed by atoms with van der Waals surface area (Å²) in [5, 5.41) is 0. The Balaban J connectivity index is 2.74. The van der Waals surface area contributed by atoms with Gasteiger partial charge in [-0.05, 0) is 30.5 Å². The Labute approximate surface area is 103 Å². The third kappa shape index (κ3) is 4.00. The average Bonchev–Trinajstić information content (AvgIpc) is 2.33. The molecule has 0 unspecified atom stereocenters. The van der Waals surface area contributed by atoms with E-state index in [1.165, 1.54) is 6.07 Å². The summed E-state index contributed by atoms with van der Waals surface area (Å²) < 4.78 is 19.3. The lowest BCUT2D eigenvalue weighted by Gasteiger charge is -2.16. The summed E-state index contributed by atoms with van der Waals surface area (Å²) in [6, 6.07) is 5.00. The first-order valence-electron chi connectivity index (χ1n) is 6.33. The SMILES string of the molecule is CCC(CC)COc1c(F)cccc1CCN. The van der Waals surface area contributed by atoms with Crippen molar-refractivity contribution in [1.82, 2.24) is 0 Å². The molecule has 1 aromatic rings. The van der Waals surface area contributed by atoms with E-state index in [2.05, 4.69) is 13.8 Å². The van der Waals surface area contributed by atoms with Crippen LogP contribution in [0.3, 0.4) is 0 Å². The minimum Gasteiger partial charge on any atom is -0.490 e. The Bertz CT molecular complexity index is 337. The fraction of sp³-hybridized carbons (Fsp3) is 0.571. The minimum absolute atomic E-state index is 0.290. The van der Waals surface area contributed by atoms with Gasteiger partial charge in [0.05, 0.1) is 6.61 Å². The number of rotatable bonds is 7. The van der Waals surface area contributed by atoms with Crippen LogP contribution in [0.4, 0.5) is 4.39 Å². The van der Waals surface area contributed by atoms with Gasteiger partial charge in [-0.2, -0.15) is 0 Å². The van der Waals surface area contributed by atoms with E-state index in [4.69, 9.17) is 10.5 Å². The van der Waals surface area contributed by atoms with Crippen molar-refractivity contribution >= 4 is 0 Å². The van der Waals surface area contributed by atoms with Crippen molar-refractivity contribution < 1.29 is 9.13 Å². The number of para-hydroxylation sites is 1. The molecule has 0 bridgehead atoms. The van der Waals surface area contributed by atoms with Crippen LogP contribution >= 0.6 is 0 Å². The van der Waals surface area contributed by atoms with Gasteiger partial charge in [0, 0.05) is 0 Å². The number of ether oxygens (including phenoxy) is 1. The van der Waals surface area contributed by atoms with E-state index in [1.807, 2.05) is 6.07 Å². The first-order valence-corrected chi connectivity index (χ1v) is 6.33.